The van der Waals surface area contributed by atoms with Crippen molar-refractivity contribution in [3.63, 3.8) is 0 Å². The van der Waals surface area contributed by atoms with Crippen LogP contribution in [0, 0.1) is 12.2 Å². The van der Waals surface area contributed by atoms with Crippen LogP contribution in [-0.4, -0.2) is 0 Å². The molecule has 104 valence electrons. The van der Waals surface area contributed by atoms with Gasteiger partial charge in [0.1, 0.15) is 0 Å². The SMILES string of the molecule is CCC1=CCC(C)=[C-]1.CCC1=CCC(C)=[C-]1.[Cl-].[Cl-].[Zr+4]. The van der Waals surface area contributed by atoms with Crippen molar-refractivity contribution >= 4 is 0 Å². The third-order valence-electron chi connectivity index (χ3n) is 2.82. The molecule has 0 fully saturated rings. The summed E-state index contributed by atoms with van der Waals surface area (Å²) < 4.78 is 0. The van der Waals surface area contributed by atoms with Crippen LogP contribution >= 0.6 is 0 Å². The monoisotopic (exact) mass is 374 g/mol. The Labute approximate surface area is 150 Å². The van der Waals surface area contributed by atoms with Gasteiger partial charge in [0.25, 0.3) is 0 Å². The van der Waals surface area contributed by atoms with Gasteiger partial charge in [-0.3, -0.25) is 0 Å². The molecule has 2 rings (SSSR count). The molecule has 0 bridgehead atoms. The minimum atomic E-state index is 0. The Morgan fingerprint density at radius 1 is 0.842 bits per heavy atom. The first-order valence-corrected chi connectivity index (χ1v) is 6.22. The molecule has 2 aliphatic rings. The minimum absolute atomic E-state index is 0. The summed E-state index contributed by atoms with van der Waals surface area (Å²) in [6.45, 7) is 8.58. The van der Waals surface area contributed by atoms with Crippen molar-refractivity contribution < 1.29 is 51.0 Å². The summed E-state index contributed by atoms with van der Waals surface area (Å²) in [6, 6.07) is 0. The van der Waals surface area contributed by atoms with Gasteiger partial charge in [-0.1, -0.05) is 53.4 Å². The molecule has 0 aromatic heterocycles. The number of hydrogen-bond acceptors (Lipinski definition) is 0. The Bertz CT molecular complexity index is 327. The molecule has 0 aromatic carbocycles. The van der Waals surface area contributed by atoms with E-state index in [1.165, 1.54) is 22.3 Å². The van der Waals surface area contributed by atoms with Crippen LogP contribution < -0.4 is 24.8 Å². The van der Waals surface area contributed by atoms with Crippen molar-refractivity contribution in [2.45, 2.75) is 53.4 Å². The van der Waals surface area contributed by atoms with Gasteiger partial charge in [0.15, 0.2) is 0 Å². The zero-order valence-corrected chi connectivity index (χ0v) is 16.2. The molecule has 0 aliphatic heterocycles. The fourth-order valence-corrected chi connectivity index (χ4v) is 1.77. The second kappa shape index (κ2) is 13.4. The summed E-state index contributed by atoms with van der Waals surface area (Å²) in [4.78, 5) is 0. The van der Waals surface area contributed by atoms with Crippen LogP contribution in [0.4, 0.5) is 0 Å². The van der Waals surface area contributed by atoms with E-state index in [0.29, 0.717) is 0 Å². The first kappa shape index (κ1) is 24.4. The fourth-order valence-electron chi connectivity index (χ4n) is 1.77. The van der Waals surface area contributed by atoms with Crippen LogP contribution in [0.1, 0.15) is 53.4 Å². The van der Waals surface area contributed by atoms with E-state index in [1.54, 1.807) is 0 Å². The summed E-state index contributed by atoms with van der Waals surface area (Å²) >= 11 is 0. The Balaban J connectivity index is -0.000000233. The fraction of sp³-hybridized carbons (Fsp3) is 0.500. The smallest absolute Gasteiger partial charge is 1.00 e. The van der Waals surface area contributed by atoms with Crippen molar-refractivity contribution in [3.8, 4) is 0 Å². The first-order valence-electron chi connectivity index (χ1n) is 6.22. The average Bonchev–Trinajstić information content (AvgIpc) is 2.88. The molecule has 0 amide bonds. The van der Waals surface area contributed by atoms with Crippen molar-refractivity contribution in [1.29, 1.82) is 0 Å². The number of hydrogen-bond donors (Lipinski definition) is 0. The second-order valence-electron chi connectivity index (χ2n) is 4.38. The van der Waals surface area contributed by atoms with Gasteiger partial charge < -0.3 is 24.8 Å². The summed E-state index contributed by atoms with van der Waals surface area (Å²) in [5.41, 5.74) is 5.51. The largest absolute Gasteiger partial charge is 4.00 e. The van der Waals surface area contributed by atoms with Crippen LogP contribution in [-0.2, 0) is 26.2 Å². The molecule has 0 nitrogen and oxygen atoms in total. The zero-order chi connectivity index (χ0) is 12.0. The number of allylic oxidation sites excluding steroid dienone is 8. The van der Waals surface area contributed by atoms with Gasteiger partial charge >= 0.3 is 26.2 Å². The maximum absolute atomic E-state index is 3.28. The predicted molar refractivity (Wildman–Crippen MR) is 70.8 cm³/mol. The number of halogens is 2. The molecule has 0 atom stereocenters. The van der Waals surface area contributed by atoms with Gasteiger partial charge in [-0.05, 0) is 0 Å². The molecule has 0 heterocycles. The maximum atomic E-state index is 3.28. The van der Waals surface area contributed by atoms with Crippen LogP contribution in [0.3, 0.4) is 0 Å². The first-order chi connectivity index (χ1) is 7.65. The standard InChI is InChI=1S/2C8H11.2ClH.Zr/c2*1-3-8-5-4-7(2)6-8;;;/h2*5H,3-4H2,1-2H3;2*1H;/q2*-1;;;+4/p-2. The van der Waals surface area contributed by atoms with Crippen LogP contribution in [0.2, 0.25) is 0 Å². The Kier molecular flexibility index (Phi) is 17.2. The van der Waals surface area contributed by atoms with E-state index < -0.39 is 0 Å². The predicted octanol–water partition coefficient (Wildman–Crippen LogP) is -1.04. The summed E-state index contributed by atoms with van der Waals surface area (Å²) in [6.07, 6.45) is 15.6. The van der Waals surface area contributed by atoms with Gasteiger partial charge in [0.2, 0.25) is 0 Å². The third kappa shape index (κ3) is 9.88. The van der Waals surface area contributed by atoms with Crippen LogP contribution in [0.5, 0.6) is 0 Å². The van der Waals surface area contributed by atoms with Gasteiger partial charge in [0.05, 0.1) is 0 Å². The summed E-state index contributed by atoms with van der Waals surface area (Å²) in [5.74, 6) is 0. The van der Waals surface area contributed by atoms with Gasteiger partial charge in [0, 0.05) is 0 Å². The van der Waals surface area contributed by atoms with Crippen molar-refractivity contribution in [2.75, 3.05) is 0 Å². The van der Waals surface area contributed by atoms with Gasteiger partial charge in [-0.25, -0.2) is 35.5 Å². The summed E-state index contributed by atoms with van der Waals surface area (Å²) in [7, 11) is 0. The molecule has 0 N–H and O–H groups in total. The molecule has 0 unspecified atom stereocenters. The van der Waals surface area contributed by atoms with Gasteiger partial charge in [-0.2, -0.15) is 11.1 Å². The second-order valence-corrected chi connectivity index (χ2v) is 4.38. The van der Waals surface area contributed by atoms with Crippen molar-refractivity contribution in [2.24, 2.45) is 0 Å². The van der Waals surface area contributed by atoms with E-state index in [1.807, 2.05) is 0 Å². The zero-order valence-electron chi connectivity index (χ0n) is 12.2. The quantitative estimate of drug-likeness (QED) is 0.540. The number of rotatable bonds is 2. The van der Waals surface area contributed by atoms with Gasteiger partial charge in [-0.15, -0.1) is 0 Å². The minimum Gasteiger partial charge on any atom is -1.00 e. The van der Waals surface area contributed by atoms with E-state index in [9.17, 15) is 0 Å². The average molecular weight is 376 g/mol. The third-order valence-corrected chi connectivity index (χ3v) is 2.82. The maximum Gasteiger partial charge on any atom is 4.00 e. The van der Waals surface area contributed by atoms with E-state index in [-0.39, 0.29) is 51.0 Å². The Hall–Kier alpha value is 0.423. The molecular formula is C16H22Cl2Zr. The molecule has 3 heteroatoms. The molecule has 0 aromatic rings. The normalized spacial score (nSPS) is 15.4. The molecule has 0 saturated heterocycles. The molecular weight excluding hydrogens is 354 g/mol. The molecule has 0 saturated carbocycles. The van der Waals surface area contributed by atoms with E-state index in [2.05, 4.69) is 52.0 Å². The summed E-state index contributed by atoms with van der Waals surface area (Å²) in [5, 5.41) is 0. The molecule has 0 radical (unpaired) electrons. The van der Waals surface area contributed by atoms with E-state index >= 15 is 0 Å². The van der Waals surface area contributed by atoms with Crippen LogP contribution in [0.25, 0.3) is 0 Å². The van der Waals surface area contributed by atoms with Crippen LogP contribution in [0.15, 0.2) is 34.4 Å². The van der Waals surface area contributed by atoms with Crippen molar-refractivity contribution in [3.05, 3.63) is 46.6 Å². The van der Waals surface area contributed by atoms with E-state index in [4.69, 9.17) is 0 Å². The Morgan fingerprint density at radius 2 is 1.16 bits per heavy atom. The molecule has 19 heavy (non-hydrogen) atoms. The molecule has 0 spiro atoms. The topological polar surface area (TPSA) is 0 Å². The van der Waals surface area contributed by atoms with E-state index in [0.717, 1.165) is 25.7 Å². The Morgan fingerprint density at radius 3 is 1.26 bits per heavy atom. The van der Waals surface area contributed by atoms with Crippen molar-refractivity contribution in [1.82, 2.24) is 0 Å². The molecule has 2 aliphatic carbocycles.